The molecule has 3 rings (SSSR count). The molecule has 1 aromatic rings. The Bertz CT molecular complexity index is 577. The summed E-state index contributed by atoms with van der Waals surface area (Å²) in [5, 5.41) is 4.00. The fourth-order valence-corrected chi connectivity index (χ4v) is 3.24. The number of hydrogen-bond donors (Lipinski definition) is 1. The van der Waals surface area contributed by atoms with Gasteiger partial charge in [0.05, 0.1) is 5.02 Å². The Morgan fingerprint density at radius 2 is 2.00 bits per heavy atom. The van der Waals surface area contributed by atoms with E-state index < -0.39 is 0 Å². The molecule has 1 aromatic carbocycles. The predicted octanol–water partition coefficient (Wildman–Crippen LogP) is 3.33. The van der Waals surface area contributed by atoms with E-state index in [2.05, 4.69) is 17.1 Å². The predicted molar refractivity (Wildman–Crippen MR) is 108 cm³/mol. The first-order valence-corrected chi connectivity index (χ1v) is 8.77. The molecule has 0 unspecified atom stereocenters. The van der Waals surface area contributed by atoms with Crippen molar-refractivity contribution in [1.82, 2.24) is 10.2 Å². The number of likely N-dealkylation sites (tertiary alicyclic amines) is 1. The van der Waals surface area contributed by atoms with Crippen LogP contribution in [-0.4, -0.2) is 50.3 Å². The Morgan fingerprint density at radius 3 is 2.75 bits per heavy atom. The van der Waals surface area contributed by atoms with Gasteiger partial charge in [0.1, 0.15) is 13.2 Å². The summed E-state index contributed by atoms with van der Waals surface area (Å²) in [5.74, 6) is 2.43. The first-order valence-electron chi connectivity index (χ1n) is 8.39. The van der Waals surface area contributed by atoms with Crippen LogP contribution in [0.2, 0.25) is 5.02 Å². The molecule has 24 heavy (non-hydrogen) atoms. The third kappa shape index (κ3) is 4.81. The van der Waals surface area contributed by atoms with Crippen molar-refractivity contribution in [3.63, 3.8) is 0 Å². The minimum atomic E-state index is 0. The fourth-order valence-electron chi connectivity index (χ4n) is 2.95. The second kappa shape index (κ2) is 9.56. The summed E-state index contributed by atoms with van der Waals surface area (Å²) in [6.45, 7) is 7.05. The van der Waals surface area contributed by atoms with Crippen molar-refractivity contribution in [2.45, 2.75) is 26.2 Å². The molecule has 2 heterocycles. The standard InChI is InChI=1S/C17H24ClN3O2.HI/c1-2-19-17(21-7-3-4-8-21)20-6-5-13-11-14(18)16-15(12-13)22-9-10-23-16;/h11-12H,2-10H2,1H3,(H,19,20);1H. The SMILES string of the molecule is CCNC(=NCCc1cc(Cl)c2c(c1)OCCO2)N1CCCC1.I. The molecule has 0 radical (unpaired) electrons. The van der Waals surface area contributed by atoms with Gasteiger partial charge in [0, 0.05) is 26.2 Å². The summed E-state index contributed by atoms with van der Waals surface area (Å²) < 4.78 is 11.2. The number of aliphatic imine (C=N–C) groups is 1. The van der Waals surface area contributed by atoms with Crippen LogP contribution in [0.15, 0.2) is 17.1 Å². The van der Waals surface area contributed by atoms with E-state index in [0.29, 0.717) is 24.0 Å². The quantitative estimate of drug-likeness (QED) is 0.421. The van der Waals surface area contributed by atoms with Gasteiger partial charge in [-0.2, -0.15) is 0 Å². The number of nitrogens with one attached hydrogen (secondary N) is 1. The molecule has 0 saturated carbocycles. The number of halogens is 2. The fraction of sp³-hybridized carbons (Fsp3) is 0.588. The van der Waals surface area contributed by atoms with E-state index in [1.807, 2.05) is 12.1 Å². The highest BCUT2D eigenvalue weighted by Crippen LogP contribution is 2.38. The lowest BCUT2D eigenvalue weighted by Gasteiger charge is -2.21. The molecule has 0 spiro atoms. The second-order valence-electron chi connectivity index (χ2n) is 5.78. The van der Waals surface area contributed by atoms with Crippen LogP contribution in [0, 0.1) is 0 Å². The van der Waals surface area contributed by atoms with E-state index in [1.54, 1.807) is 0 Å². The molecule has 0 amide bonds. The van der Waals surface area contributed by atoms with Crippen LogP contribution in [0.25, 0.3) is 0 Å². The first kappa shape index (κ1) is 19.4. The smallest absolute Gasteiger partial charge is 0.193 e. The normalized spacial score (nSPS) is 16.8. The minimum absolute atomic E-state index is 0. The number of nitrogens with zero attached hydrogens (tertiary/aromatic N) is 2. The molecule has 0 atom stereocenters. The van der Waals surface area contributed by atoms with Gasteiger partial charge in [-0.15, -0.1) is 24.0 Å². The van der Waals surface area contributed by atoms with E-state index in [0.717, 1.165) is 49.9 Å². The van der Waals surface area contributed by atoms with E-state index >= 15 is 0 Å². The summed E-state index contributed by atoms with van der Waals surface area (Å²) >= 11 is 6.28. The first-order chi connectivity index (χ1) is 11.3. The molecule has 0 bridgehead atoms. The van der Waals surface area contributed by atoms with Crippen molar-refractivity contribution >= 4 is 41.5 Å². The number of benzene rings is 1. The number of fused-ring (bicyclic) bond motifs is 1. The highest BCUT2D eigenvalue weighted by Gasteiger charge is 2.17. The summed E-state index contributed by atoms with van der Waals surface area (Å²) in [5.41, 5.74) is 1.13. The van der Waals surface area contributed by atoms with E-state index in [9.17, 15) is 0 Å². The second-order valence-corrected chi connectivity index (χ2v) is 6.19. The maximum absolute atomic E-state index is 6.28. The summed E-state index contributed by atoms with van der Waals surface area (Å²) in [6.07, 6.45) is 3.34. The third-order valence-corrected chi connectivity index (χ3v) is 4.34. The van der Waals surface area contributed by atoms with E-state index in [1.165, 1.54) is 12.8 Å². The van der Waals surface area contributed by atoms with Gasteiger partial charge in [0.25, 0.3) is 0 Å². The van der Waals surface area contributed by atoms with Gasteiger partial charge in [0.2, 0.25) is 0 Å². The molecule has 2 aliphatic heterocycles. The third-order valence-electron chi connectivity index (χ3n) is 4.06. The van der Waals surface area contributed by atoms with Crippen molar-refractivity contribution in [3.05, 3.63) is 22.7 Å². The van der Waals surface area contributed by atoms with Gasteiger partial charge in [0.15, 0.2) is 17.5 Å². The molecule has 2 aliphatic rings. The van der Waals surface area contributed by atoms with Gasteiger partial charge in [-0.1, -0.05) is 11.6 Å². The van der Waals surface area contributed by atoms with Crippen LogP contribution in [-0.2, 0) is 6.42 Å². The molecule has 0 aliphatic carbocycles. The zero-order valence-corrected chi connectivity index (χ0v) is 17.1. The summed E-state index contributed by atoms with van der Waals surface area (Å²) in [4.78, 5) is 7.08. The van der Waals surface area contributed by atoms with Crippen molar-refractivity contribution in [2.24, 2.45) is 4.99 Å². The van der Waals surface area contributed by atoms with Gasteiger partial charge >= 0.3 is 0 Å². The molecule has 0 aromatic heterocycles. The van der Waals surface area contributed by atoms with E-state index in [-0.39, 0.29) is 24.0 Å². The van der Waals surface area contributed by atoms with Crippen LogP contribution in [0.4, 0.5) is 0 Å². The number of guanidine groups is 1. The topological polar surface area (TPSA) is 46.1 Å². The summed E-state index contributed by atoms with van der Waals surface area (Å²) in [6, 6.07) is 3.96. The van der Waals surface area contributed by atoms with Crippen LogP contribution >= 0.6 is 35.6 Å². The zero-order chi connectivity index (χ0) is 16.1. The Labute approximate surface area is 165 Å². The van der Waals surface area contributed by atoms with Crippen molar-refractivity contribution < 1.29 is 9.47 Å². The molecular formula is C17H25ClIN3O2. The van der Waals surface area contributed by atoms with Gasteiger partial charge in [-0.05, 0) is 43.9 Å². The largest absolute Gasteiger partial charge is 0.486 e. The molecule has 134 valence electrons. The Morgan fingerprint density at radius 1 is 1.25 bits per heavy atom. The Hall–Kier alpha value is -0.890. The van der Waals surface area contributed by atoms with Crippen LogP contribution in [0.1, 0.15) is 25.3 Å². The number of ether oxygens (including phenoxy) is 2. The lowest BCUT2D eigenvalue weighted by molar-refractivity contribution is 0.171. The van der Waals surface area contributed by atoms with Crippen molar-refractivity contribution in [3.8, 4) is 11.5 Å². The van der Waals surface area contributed by atoms with Crippen LogP contribution < -0.4 is 14.8 Å². The monoisotopic (exact) mass is 465 g/mol. The van der Waals surface area contributed by atoms with Gasteiger partial charge in [-0.3, -0.25) is 4.99 Å². The lowest BCUT2D eigenvalue weighted by Crippen LogP contribution is -2.39. The highest BCUT2D eigenvalue weighted by molar-refractivity contribution is 14.0. The molecule has 1 saturated heterocycles. The summed E-state index contributed by atoms with van der Waals surface area (Å²) in [7, 11) is 0. The number of hydrogen-bond acceptors (Lipinski definition) is 3. The number of rotatable bonds is 4. The molecule has 7 heteroatoms. The molecule has 5 nitrogen and oxygen atoms in total. The molecule has 1 fully saturated rings. The van der Waals surface area contributed by atoms with Crippen LogP contribution in [0.5, 0.6) is 11.5 Å². The van der Waals surface area contributed by atoms with E-state index in [4.69, 9.17) is 26.1 Å². The van der Waals surface area contributed by atoms with Crippen molar-refractivity contribution in [1.29, 1.82) is 0 Å². The minimum Gasteiger partial charge on any atom is -0.486 e. The molecule has 1 N–H and O–H groups in total. The van der Waals surface area contributed by atoms with Gasteiger partial charge < -0.3 is 19.7 Å². The highest BCUT2D eigenvalue weighted by atomic mass is 127. The Balaban J connectivity index is 0.00000208. The zero-order valence-electron chi connectivity index (χ0n) is 14.0. The maximum Gasteiger partial charge on any atom is 0.193 e. The average Bonchev–Trinajstić information content (AvgIpc) is 3.08. The maximum atomic E-state index is 6.28. The molecular weight excluding hydrogens is 441 g/mol. The van der Waals surface area contributed by atoms with Gasteiger partial charge in [-0.25, -0.2) is 0 Å². The average molecular weight is 466 g/mol. The Kier molecular flexibility index (Phi) is 7.74. The lowest BCUT2D eigenvalue weighted by atomic mass is 10.1. The van der Waals surface area contributed by atoms with Crippen LogP contribution in [0.3, 0.4) is 0 Å². The van der Waals surface area contributed by atoms with Crippen molar-refractivity contribution in [2.75, 3.05) is 39.4 Å².